The lowest BCUT2D eigenvalue weighted by molar-refractivity contribution is 0.621. The summed E-state index contributed by atoms with van der Waals surface area (Å²) in [6.07, 6.45) is 0. The van der Waals surface area contributed by atoms with Gasteiger partial charge in [-0.15, -0.1) is 0 Å². The predicted molar refractivity (Wildman–Crippen MR) is 65.7 cm³/mol. The molecule has 0 saturated carbocycles. The van der Waals surface area contributed by atoms with E-state index >= 15 is 0 Å². The van der Waals surface area contributed by atoms with E-state index in [1.807, 2.05) is 0 Å². The molecule has 72 valence electrons. The zero-order valence-corrected chi connectivity index (χ0v) is 11.2. The maximum atomic E-state index is 12.9. The molecular formula is C8H3BrFIN2S. The topological polar surface area (TPSA) is 25.8 Å². The average Bonchev–Trinajstić information content (AvgIpc) is 2.57. The van der Waals surface area contributed by atoms with Crippen molar-refractivity contribution < 1.29 is 4.39 Å². The lowest BCUT2D eigenvalue weighted by Gasteiger charge is -1.97. The molecule has 0 fully saturated rings. The molecule has 2 nitrogen and oxygen atoms in total. The van der Waals surface area contributed by atoms with Crippen LogP contribution in [0.1, 0.15) is 0 Å². The van der Waals surface area contributed by atoms with Crippen molar-refractivity contribution in [3.63, 3.8) is 0 Å². The van der Waals surface area contributed by atoms with E-state index in [0.29, 0.717) is 10.3 Å². The Morgan fingerprint density at radius 3 is 2.79 bits per heavy atom. The molecule has 0 aliphatic rings. The fourth-order valence-electron chi connectivity index (χ4n) is 0.957. The number of hydrogen-bond donors (Lipinski definition) is 0. The predicted octanol–water partition coefficient (Wildman–Crippen LogP) is 3.71. The van der Waals surface area contributed by atoms with Crippen LogP contribution in [0.15, 0.2) is 22.7 Å². The van der Waals surface area contributed by atoms with E-state index in [0.717, 1.165) is 8.58 Å². The van der Waals surface area contributed by atoms with Gasteiger partial charge in [-0.2, -0.15) is 4.37 Å². The van der Waals surface area contributed by atoms with Crippen LogP contribution in [0.4, 0.5) is 4.39 Å². The molecule has 2 rings (SSSR count). The Labute approximate surface area is 106 Å². The van der Waals surface area contributed by atoms with Crippen molar-refractivity contribution in [2.45, 2.75) is 0 Å². The Bertz CT molecular complexity index is 474. The fourth-order valence-corrected chi connectivity index (χ4v) is 2.30. The second-order valence-corrected chi connectivity index (χ2v) is 5.86. The Morgan fingerprint density at radius 1 is 1.43 bits per heavy atom. The van der Waals surface area contributed by atoms with E-state index in [1.54, 1.807) is 12.1 Å². The van der Waals surface area contributed by atoms with Crippen LogP contribution in [-0.2, 0) is 0 Å². The highest BCUT2D eigenvalue weighted by molar-refractivity contribution is 14.1. The van der Waals surface area contributed by atoms with Gasteiger partial charge in [0.05, 0.1) is 4.47 Å². The summed E-state index contributed by atoms with van der Waals surface area (Å²) in [5, 5.41) is 0. The maximum absolute atomic E-state index is 12.9. The smallest absolute Gasteiger partial charge is 0.174 e. The van der Waals surface area contributed by atoms with E-state index in [-0.39, 0.29) is 5.82 Å². The molecule has 0 unspecified atom stereocenters. The molecule has 0 aliphatic heterocycles. The SMILES string of the molecule is Fc1ccc(-c2nsc(I)n2)cc1Br. The average molecular weight is 385 g/mol. The first kappa shape index (κ1) is 10.4. The monoisotopic (exact) mass is 384 g/mol. The molecule has 0 N–H and O–H groups in total. The second kappa shape index (κ2) is 4.19. The molecule has 0 saturated heterocycles. The van der Waals surface area contributed by atoms with Crippen LogP contribution in [0.5, 0.6) is 0 Å². The zero-order chi connectivity index (χ0) is 10.1. The summed E-state index contributed by atoms with van der Waals surface area (Å²) in [6, 6.07) is 4.74. The molecular weight excluding hydrogens is 382 g/mol. The Kier molecular flexibility index (Phi) is 3.13. The van der Waals surface area contributed by atoms with Gasteiger partial charge in [-0.1, -0.05) is 0 Å². The van der Waals surface area contributed by atoms with Crippen molar-refractivity contribution in [3.05, 3.63) is 31.5 Å². The lowest BCUT2D eigenvalue weighted by atomic mass is 10.2. The Balaban J connectivity index is 2.47. The molecule has 1 heterocycles. The first-order chi connectivity index (χ1) is 6.66. The zero-order valence-electron chi connectivity index (χ0n) is 6.67. The van der Waals surface area contributed by atoms with Crippen molar-refractivity contribution in [2.24, 2.45) is 0 Å². The first-order valence-electron chi connectivity index (χ1n) is 3.61. The molecule has 0 spiro atoms. The largest absolute Gasteiger partial charge is 0.209 e. The van der Waals surface area contributed by atoms with Gasteiger partial charge in [0.1, 0.15) is 5.82 Å². The molecule has 2 aromatic rings. The molecule has 0 atom stereocenters. The van der Waals surface area contributed by atoms with Gasteiger partial charge >= 0.3 is 0 Å². The third kappa shape index (κ3) is 2.12. The summed E-state index contributed by atoms with van der Waals surface area (Å²) in [7, 11) is 0. The maximum Gasteiger partial charge on any atom is 0.174 e. The van der Waals surface area contributed by atoms with Gasteiger partial charge in [0.2, 0.25) is 0 Å². The van der Waals surface area contributed by atoms with E-state index < -0.39 is 0 Å². The molecule has 0 radical (unpaired) electrons. The van der Waals surface area contributed by atoms with E-state index in [4.69, 9.17) is 0 Å². The Morgan fingerprint density at radius 2 is 2.21 bits per heavy atom. The number of nitrogens with zero attached hydrogens (tertiary/aromatic N) is 2. The van der Waals surface area contributed by atoms with Crippen LogP contribution < -0.4 is 0 Å². The molecule has 1 aromatic heterocycles. The van der Waals surface area contributed by atoms with E-state index in [2.05, 4.69) is 47.9 Å². The Hall–Kier alpha value is -0.0800. The minimum absolute atomic E-state index is 0.279. The lowest BCUT2D eigenvalue weighted by Crippen LogP contribution is -1.83. The van der Waals surface area contributed by atoms with Gasteiger partial charge in [-0.25, -0.2) is 9.37 Å². The van der Waals surface area contributed by atoms with E-state index in [9.17, 15) is 4.39 Å². The molecule has 0 amide bonds. The van der Waals surface area contributed by atoms with Crippen LogP contribution in [0.25, 0.3) is 11.4 Å². The van der Waals surface area contributed by atoms with Gasteiger partial charge in [0, 0.05) is 5.56 Å². The summed E-state index contributed by atoms with van der Waals surface area (Å²) in [5.41, 5.74) is 0.817. The summed E-state index contributed by atoms with van der Waals surface area (Å²) >= 11 is 6.55. The van der Waals surface area contributed by atoms with Crippen molar-refractivity contribution in [1.82, 2.24) is 9.36 Å². The van der Waals surface area contributed by atoms with E-state index in [1.165, 1.54) is 17.6 Å². The van der Waals surface area contributed by atoms with Gasteiger partial charge in [0.25, 0.3) is 0 Å². The summed E-state index contributed by atoms with van der Waals surface area (Å²) in [6.45, 7) is 0. The van der Waals surface area contributed by atoms with Gasteiger partial charge < -0.3 is 0 Å². The summed E-state index contributed by atoms with van der Waals surface area (Å²) < 4.78 is 18.4. The summed E-state index contributed by atoms with van der Waals surface area (Å²) in [4.78, 5) is 4.20. The van der Waals surface area contributed by atoms with Crippen LogP contribution in [0.2, 0.25) is 0 Å². The van der Waals surface area contributed by atoms with Gasteiger partial charge in [-0.3, -0.25) is 0 Å². The summed E-state index contributed by atoms with van der Waals surface area (Å²) in [5.74, 6) is 0.360. The van der Waals surface area contributed by atoms with Gasteiger partial charge in [-0.05, 0) is 68.3 Å². The van der Waals surface area contributed by atoms with Crippen LogP contribution in [0, 0.1) is 8.83 Å². The normalized spacial score (nSPS) is 10.5. The van der Waals surface area contributed by atoms with Crippen LogP contribution >= 0.6 is 50.1 Å². The van der Waals surface area contributed by atoms with Crippen molar-refractivity contribution >= 4 is 50.1 Å². The third-order valence-corrected chi connectivity index (χ3v) is 3.52. The second-order valence-electron chi connectivity index (χ2n) is 2.50. The van der Waals surface area contributed by atoms with Crippen molar-refractivity contribution in [2.75, 3.05) is 0 Å². The number of aromatic nitrogens is 2. The first-order valence-corrected chi connectivity index (χ1v) is 6.26. The number of halogens is 3. The fraction of sp³-hybridized carbons (Fsp3) is 0. The van der Waals surface area contributed by atoms with Crippen LogP contribution in [-0.4, -0.2) is 9.36 Å². The van der Waals surface area contributed by atoms with Crippen molar-refractivity contribution in [1.29, 1.82) is 0 Å². The third-order valence-electron chi connectivity index (χ3n) is 1.58. The number of hydrogen-bond acceptors (Lipinski definition) is 3. The molecule has 1 aromatic carbocycles. The highest BCUT2D eigenvalue weighted by Gasteiger charge is 2.07. The molecule has 14 heavy (non-hydrogen) atoms. The highest BCUT2D eigenvalue weighted by Crippen LogP contribution is 2.24. The number of benzene rings is 1. The number of rotatable bonds is 1. The van der Waals surface area contributed by atoms with Gasteiger partial charge in [0.15, 0.2) is 8.84 Å². The molecule has 0 bridgehead atoms. The molecule has 0 aliphatic carbocycles. The molecule has 6 heteroatoms. The quantitative estimate of drug-likeness (QED) is 0.700. The highest BCUT2D eigenvalue weighted by atomic mass is 127. The van der Waals surface area contributed by atoms with Crippen molar-refractivity contribution in [3.8, 4) is 11.4 Å². The van der Waals surface area contributed by atoms with Crippen LogP contribution in [0.3, 0.4) is 0 Å². The minimum atomic E-state index is -0.279. The standard InChI is InChI=1S/C8H3BrFIN2S/c9-5-3-4(1-2-6(5)10)7-12-8(11)14-13-7/h1-3H. The minimum Gasteiger partial charge on any atom is -0.209 e.